The van der Waals surface area contributed by atoms with E-state index < -0.39 is 0 Å². The van der Waals surface area contributed by atoms with Crippen LogP contribution in [-0.4, -0.2) is 43.7 Å². The maximum atomic E-state index is 11.5. The van der Waals surface area contributed by atoms with Crippen molar-refractivity contribution in [2.45, 2.75) is 13.3 Å². The third-order valence-electron chi connectivity index (χ3n) is 2.68. The van der Waals surface area contributed by atoms with Crippen LogP contribution < -0.4 is 4.74 Å². The van der Waals surface area contributed by atoms with E-state index in [0.717, 1.165) is 18.7 Å². The van der Waals surface area contributed by atoms with Gasteiger partial charge in [0.2, 0.25) is 0 Å². The minimum Gasteiger partial charge on any atom is -0.494 e. The van der Waals surface area contributed by atoms with Gasteiger partial charge in [-0.2, -0.15) is 0 Å². The summed E-state index contributed by atoms with van der Waals surface area (Å²) in [6, 6.07) is 9.71. The minimum atomic E-state index is -0.196. The maximum Gasteiger partial charge on any atom is 0.320 e. The van der Waals surface area contributed by atoms with Gasteiger partial charge >= 0.3 is 5.97 Å². The van der Waals surface area contributed by atoms with Crippen molar-refractivity contribution < 1.29 is 14.3 Å². The van der Waals surface area contributed by atoms with E-state index in [2.05, 4.69) is 6.58 Å². The minimum absolute atomic E-state index is 0.196. The van der Waals surface area contributed by atoms with Crippen molar-refractivity contribution in [3.8, 4) is 5.75 Å². The third-order valence-corrected chi connectivity index (χ3v) is 2.68. The largest absolute Gasteiger partial charge is 0.494 e. The van der Waals surface area contributed by atoms with Crippen molar-refractivity contribution in [1.29, 1.82) is 0 Å². The molecule has 4 nitrogen and oxygen atoms in total. The Morgan fingerprint density at radius 2 is 2.10 bits per heavy atom. The quantitative estimate of drug-likeness (QED) is 0.374. The molecule has 0 saturated carbocycles. The molecule has 1 aromatic rings. The molecule has 20 heavy (non-hydrogen) atoms. The summed E-state index contributed by atoms with van der Waals surface area (Å²) < 4.78 is 10.6. The van der Waals surface area contributed by atoms with E-state index in [4.69, 9.17) is 9.47 Å². The number of hydrogen-bond donors (Lipinski definition) is 0. The first-order valence-electron chi connectivity index (χ1n) is 6.93. The topological polar surface area (TPSA) is 38.8 Å². The number of hydrogen-bond acceptors (Lipinski definition) is 4. The molecule has 1 rings (SSSR count). The summed E-state index contributed by atoms with van der Waals surface area (Å²) in [5.74, 6) is 0.673. The summed E-state index contributed by atoms with van der Waals surface area (Å²) in [7, 11) is 0. The summed E-state index contributed by atoms with van der Waals surface area (Å²) in [5, 5.41) is 0. The number of rotatable bonds is 10. The average molecular weight is 277 g/mol. The monoisotopic (exact) mass is 277 g/mol. The van der Waals surface area contributed by atoms with Crippen molar-refractivity contribution in [1.82, 2.24) is 4.90 Å². The molecule has 0 bridgehead atoms. The number of carbonyl (C=O) groups excluding carboxylic acids is 1. The Hall–Kier alpha value is -1.81. The second-order valence-electron chi connectivity index (χ2n) is 4.34. The predicted octanol–water partition coefficient (Wildman–Crippen LogP) is 2.51. The molecule has 1 aromatic carbocycles. The van der Waals surface area contributed by atoms with Crippen LogP contribution in [0.3, 0.4) is 0 Å². The van der Waals surface area contributed by atoms with Crippen LogP contribution in [0.4, 0.5) is 0 Å². The molecule has 110 valence electrons. The van der Waals surface area contributed by atoms with Crippen LogP contribution in [0.25, 0.3) is 0 Å². The lowest BCUT2D eigenvalue weighted by molar-refractivity contribution is -0.144. The van der Waals surface area contributed by atoms with E-state index in [1.165, 1.54) is 0 Å². The second-order valence-corrected chi connectivity index (χ2v) is 4.34. The Labute approximate surface area is 121 Å². The van der Waals surface area contributed by atoms with Crippen LogP contribution in [0.15, 0.2) is 43.0 Å². The molecule has 0 fully saturated rings. The van der Waals surface area contributed by atoms with Crippen LogP contribution in [0.1, 0.15) is 13.3 Å². The fourth-order valence-corrected chi connectivity index (χ4v) is 1.80. The fraction of sp³-hybridized carbons (Fsp3) is 0.438. The highest BCUT2D eigenvalue weighted by Gasteiger charge is 2.09. The van der Waals surface area contributed by atoms with Crippen LogP contribution in [-0.2, 0) is 9.53 Å². The van der Waals surface area contributed by atoms with Gasteiger partial charge in [-0.1, -0.05) is 24.3 Å². The number of nitrogens with zero attached hydrogens (tertiary/aromatic N) is 1. The highest BCUT2D eigenvalue weighted by Crippen LogP contribution is 2.08. The normalized spacial score (nSPS) is 10.3. The standard InChI is InChI=1S/C16H23NO3/c1-3-11-17(14-16(18)19-4-2)12-8-13-20-15-9-6-5-7-10-15/h3,5-7,9-10H,1,4,8,11-14H2,2H3. The Morgan fingerprint density at radius 1 is 1.35 bits per heavy atom. The number of carbonyl (C=O) groups is 1. The predicted molar refractivity (Wildman–Crippen MR) is 79.8 cm³/mol. The Bertz CT molecular complexity index is 392. The SMILES string of the molecule is C=CCN(CCCOc1ccccc1)CC(=O)OCC. The number of para-hydroxylation sites is 1. The average Bonchev–Trinajstić information content (AvgIpc) is 2.45. The van der Waals surface area contributed by atoms with Gasteiger partial charge < -0.3 is 9.47 Å². The smallest absolute Gasteiger partial charge is 0.320 e. The zero-order valence-electron chi connectivity index (χ0n) is 12.1. The molecule has 0 unspecified atom stereocenters. The molecule has 0 N–H and O–H groups in total. The zero-order chi connectivity index (χ0) is 14.6. The van der Waals surface area contributed by atoms with E-state index in [-0.39, 0.29) is 5.97 Å². The van der Waals surface area contributed by atoms with Crippen LogP contribution >= 0.6 is 0 Å². The number of benzene rings is 1. The van der Waals surface area contributed by atoms with Crippen LogP contribution in [0, 0.1) is 0 Å². The molecule has 4 heteroatoms. The first-order chi connectivity index (χ1) is 9.76. The molecule has 0 spiro atoms. The molecule has 0 aliphatic heterocycles. The lowest BCUT2D eigenvalue weighted by Gasteiger charge is -2.19. The fourth-order valence-electron chi connectivity index (χ4n) is 1.80. The van der Waals surface area contributed by atoms with Gasteiger partial charge in [-0.05, 0) is 25.5 Å². The first kappa shape index (κ1) is 16.2. The van der Waals surface area contributed by atoms with Gasteiger partial charge in [-0.15, -0.1) is 6.58 Å². The van der Waals surface area contributed by atoms with Crippen molar-refractivity contribution in [3.05, 3.63) is 43.0 Å². The lowest BCUT2D eigenvalue weighted by atomic mass is 10.3. The van der Waals surface area contributed by atoms with Crippen molar-refractivity contribution in [2.24, 2.45) is 0 Å². The Balaban J connectivity index is 2.24. The lowest BCUT2D eigenvalue weighted by Crippen LogP contribution is -2.32. The molecular formula is C16H23NO3. The molecule has 0 heterocycles. The number of ether oxygens (including phenoxy) is 2. The summed E-state index contributed by atoms with van der Waals surface area (Å²) in [6.07, 6.45) is 2.64. The second kappa shape index (κ2) is 10.0. The zero-order valence-corrected chi connectivity index (χ0v) is 12.1. The molecule has 0 aliphatic rings. The van der Waals surface area contributed by atoms with E-state index in [0.29, 0.717) is 26.3 Å². The van der Waals surface area contributed by atoms with Gasteiger partial charge in [-0.3, -0.25) is 9.69 Å². The highest BCUT2D eigenvalue weighted by atomic mass is 16.5. The van der Waals surface area contributed by atoms with E-state index in [1.54, 1.807) is 6.08 Å². The molecule has 0 amide bonds. The van der Waals surface area contributed by atoms with Crippen LogP contribution in [0.2, 0.25) is 0 Å². The maximum absolute atomic E-state index is 11.5. The van der Waals surface area contributed by atoms with Crippen molar-refractivity contribution >= 4 is 5.97 Å². The molecule has 0 atom stereocenters. The Kier molecular flexibility index (Phi) is 8.15. The summed E-state index contributed by atoms with van der Waals surface area (Å²) >= 11 is 0. The summed E-state index contributed by atoms with van der Waals surface area (Å²) in [6.45, 7) is 8.30. The van der Waals surface area contributed by atoms with Gasteiger partial charge in [0.25, 0.3) is 0 Å². The third kappa shape index (κ3) is 6.95. The Morgan fingerprint density at radius 3 is 2.75 bits per heavy atom. The van der Waals surface area contributed by atoms with Gasteiger partial charge in [0.15, 0.2) is 0 Å². The summed E-state index contributed by atoms with van der Waals surface area (Å²) in [4.78, 5) is 13.5. The molecular weight excluding hydrogens is 254 g/mol. The molecule has 0 aromatic heterocycles. The van der Waals surface area contributed by atoms with Gasteiger partial charge in [0.05, 0.1) is 19.8 Å². The summed E-state index contributed by atoms with van der Waals surface area (Å²) in [5.41, 5.74) is 0. The van der Waals surface area contributed by atoms with Crippen molar-refractivity contribution in [3.63, 3.8) is 0 Å². The number of esters is 1. The first-order valence-corrected chi connectivity index (χ1v) is 6.93. The molecule has 0 radical (unpaired) electrons. The van der Waals surface area contributed by atoms with Crippen LogP contribution in [0.5, 0.6) is 5.75 Å². The van der Waals surface area contributed by atoms with E-state index in [9.17, 15) is 4.79 Å². The molecule has 0 aliphatic carbocycles. The molecule has 0 saturated heterocycles. The van der Waals surface area contributed by atoms with Gasteiger partial charge in [-0.25, -0.2) is 0 Å². The van der Waals surface area contributed by atoms with E-state index in [1.807, 2.05) is 42.2 Å². The van der Waals surface area contributed by atoms with E-state index >= 15 is 0 Å². The van der Waals surface area contributed by atoms with Crippen molar-refractivity contribution in [2.75, 3.05) is 32.8 Å². The van der Waals surface area contributed by atoms with Gasteiger partial charge in [0.1, 0.15) is 5.75 Å². The van der Waals surface area contributed by atoms with Gasteiger partial charge in [0, 0.05) is 13.1 Å². The highest BCUT2D eigenvalue weighted by molar-refractivity contribution is 5.71.